The van der Waals surface area contributed by atoms with Crippen LogP contribution in [-0.2, 0) is 16.7 Å². The summed E-state index contributed by atoms with van der Waals surface area (Å²) in [5.41, 5.74) is 0.266. The Morgan fingerprint density at radius 3 is 2.61 bits per heavy atom. The van der Waals surface area contributed by atoms with E-state index in [9.17, 15) is 0 Å². The van der Waals surface area contributed by atoms with Crippen molar-refractivity contribution in [3.8, 4) is 0 Å². The third kappa shape index (κ3) is 3.11. The Bertz CT molecular complexity index is 385. The molecule has 1 aromatic rings. The van der Waals surface area contributed by atoms with Gasteiger partial charge in [0.25, 0.3) is 0 Å². The zero-order valence-corrected chi connectivity index (χ0v) is 12.7. The van der Waals surface area contributed by atoms with Crippen LogP contribution in [0.2, 0.25) is 0 Å². The van der Waals surface area contributed by atoms with E-state index in [0.717, 1.165) is 13.1 Å². The minimum Gasteiger partial charge on any atom is -0.377 e. The quantitative estimate of drug-likeness (QED) is 0.891. The van der Waals surface area contributed by atoms with Gasteiger partial charge in [0.15, 0.2) is 0 Å². The highest BCUT2D eigenvalue weighted by molar-refractivity contribution is 7.11. The maximum Gasteiger partial charge on any atom is 0.0981 e. The first-order chi connectivity index (χ1) is 8.45. The fourth-order valence-electron chi connectivity index (χ4n) is 2.17. The second-order valence-electron chi connectivity index (χ2n) is 6.23. The summed E-state index contributed by atoms with van der Waals surface area (Å²) < 4.78 is 5.60. The number of hydrogen-bond donors (Lipinski definition) is 1. The third-order valence-corrected chi connectivity index (χ3v) is 5.06. The highest BCUT2D eigenvalue weighted by Crippen LogP contribution is 2.34. The van der Waals surface area contributed by atoms with Crippen LogP contribution in [0.1, 0.15) is 49.9 Å². The SMILES string of the molecule is COC1(CNCc2cnc(C(C)(C)C)s2)CCC1. The van der Waals surface area contributed by atoms with Crippen molar-refractivity contribution < 1.29 is 4.74 Å². The van der Waals surface area contributed by atoms with Gasteiger partial charge in [-0.05, 0) is 19.3 Å². The summed E-state index contributed by atoms with van der Waals surface area (Å²) in [7, 11) is 1.82. The Balaban J connectivity index is 1.82. The van der Waals surface area contributed by atoms with E-state index in [1.807, 2.05) is 24.6 Å². The van der Waals surface area contributed by atoms with Crippen molar-refractivity contribution in [2.45, 2.75) is 57.6 Å². The van der Waals surface area contributed by atoms with Crippen molar-refractivity contribution >= 4 is 11.3 Å². The van der Waals surface area contributed by atoms with E-state index < -0.39 is 0 Å². The number of thiazole rings is 1. The number of hydrogen-bond acceptors (Lipinski definition) is 4. The van der Waals surface area contributed by atoms with E-state index in [0.29, 0.717) is 0 Å². The average Bonchev–Trinajstić information content (AvgIpc) is 2.70. The summed E-state index contributed by atoms with van der Waals surface area (Å²) >= 11 is 1.81. The van der Waals surface area contributed by atoms with Gasteiger partial charge in [-0.1, -0.05) is 20.8 Å². The molecule has 1 fully saturated rings. The Labute approximate surface area is 114 Å². The molecule has 102 valence electrons. The van der Waals surface area contributed by atoms with Gasteiger partial charge in [-0.3, -0.25) is 0 Å². The van der Waals surface area contributed by atoms with Crippen molar-refractivity contribution in [2.24, 2.45) is 0 Å². The van der Waals surface area contributed by atoms with Crippen LogP contribution in [0.3, 0.4) is 0 Å². The molecule has 0 saturated heterocycles. The predicted octanol–water partition coefficient (Wildman–Crippen LogP) is 3.10. The number of nitrogens with one attached hydrogen (secondary N) is 1. The molecule has 1 N–H and O–H groups in total. The molecule has 18 heavy (non-hydrogen) atoms. The molecule has 1 aliphatic rings. The van der Waals surface area contributed by atoms with Gasteiger partial charge in [-0.2, -0.15) is 0 Å². The first kappa shape index (κ1) is 14.0. The predicted molar refractivity (Wildman–Crippen MR) is 76.1 cm³/mol. The molecular weight excluding hydrogens is 244 g/mol. The standard InChI is InChI=1S/C14H24N2OS/c1-13(2,3)12-16-9-11(18-12)8-15-10-14(17-4)6-5-7-14/h9,15H,5-8,10H2,1-4H3. The summed E-state index contributed by atoms with van der Waals surface area (Å²) in [6.45, 7) is 8.47. The fraction of sp³-hybridized carbons (Fsp3) is 0.786. The van der Waals surface area contributed by atoms with E-state index in [4.69, 9.17) is 4.74 Å². The molecule has 3 nitrogen and oxygen atoms in total. The zero-order chi connectivity index (χ0) is 13.2. The van der Waals surface area contributed by atoms with E-state index in [1.165, 1.54) is 29.1 Å². The van der Waals surface area contributed by atoms with Crippen LogP contribution in [0.5, 0.6) is 0 Å². The fourth-order valence-corrected chi connectivity index (χ4v) is 3.11. The van der Waals surface area contributed by atoms with Crippen LogP contribution in [0.15, 0.2) is 6.20 Å². The molecule has 0 unspecified atom stereocenters. The normalized spacial score (nSPS) is 18.7. The minimum atomic E-state index is 0.109. The van der Waals surface area contributed by atoms with E-state index in [-0.39, 0.29) is 11.0 Å². The van der Waals surface area contributed by atoms with Gasteiger partial charge < -0.3 is 10.1 Å². The second kappa shape index (κ2) is 5.27. The molecule has 1 aromatic heterocycles. The molecule has 1 heterocycles. The first-order valence-electron chi connectivity index (χ1n) is 6.66. The highest BCUT2D eigenvalue weighted by atomic mass is 32.1. The summed E-state index contributed by atoms with van der Waals surface area (Å²) in [6, 6.07) is 0. The van der Waals surface area contributed by atoms with E-state index in [2.05, 4.69) is 31.1 Å². The average molecular weight is 268 g/mol. The first-order valence-corrected chi connectivity index (χ1v) is 7.48. The number of aromatic nitrogens is 1. The molecule has 0 radical (unpaired) electrons. The van der Waals surface area contributed by atoms with Gasteiger partial charge in [0.05, 0.1) is 10.6 Å². The molecule has 0 bridgehead atoms. The van der Waals surface area contributed by atoms with Crippen molar-refractivity contribution in [3.05, 3.63) is 16.1 Å². The molecule has 2 rings (SSSR count). The van der Waals surface area contributed by atoms with Crippen molar-refractivity contribution in [1.29, 1.82) is 0 Å². The molecule has 4 heteroatoms. The van der Waals surface area contributed by atoms with E-state index >= 15 is 0 Å². The third-order valence-electron chi connectivity index (χ3n) is 3.64. The molecule has 0 aliphatic heterocycles. The lowest BCUT2D eigenvalue weighted by Gasteiger charge is -2.40. The van der Waals surface area contributed by atoms with Gasteiger partial charge >= 0.3 is 0 Å². The Kier molecular flexibility index (Phi) is 4.09. The zero-order valence-electron chi connectivity index (χ0n) is 11.9. The smallest absolute Gasteiger partial charge is 0.0981 e. The molecule has 1 saturated carbocycles. The summed E-state index contributed by atoms with van der Waals surface area (Å²) in [4.78, 5) is 5.81. The van der Waals surface area contributed by atoms with Crippen molar-refractivity contribution in [2.75, 3.05) is 13.7 Å². The highest BCUT2D eigenvalue weighted by Gasteiger charge is 2.36. The molecule has 0 aromatic carbocycles. The summed E-state index contributed by atoms with van der Waals surface area (Å²) in [6.07, 6.45) is 5.67. The number of rotatable bonds is 5. The lowest BCUT2D eigenvalue weighted by Crippen LogP contribution is -2.47. The Morgan fingerprint density at radius 1 is 1.44 bits per heavy atom. The monoisotopic (exact) mass is 268 g/mol. The van der Waals surface area contributed by atoms with Gasteiger partial charge in [-0.15, -0.1) is 11.3 Å². The topological polar surface area (TPSA) is 34.1 Å². The van der Waals surface area contributed by atoms with Crippen LogP contribution in [0, 0.1) is 0 Å². The number of ether oxygens (including phenoxy) is 1. The van der Waals surface area contributed by atoms with Crippen LogP contribution >= 0.6 is 11.3 Å². The van der Waals surface area contributed by atoms with Gasteiger partial charge in [-0.25, -0.2) is 4.98 Å². The maximum atomic E-state index is 5.60. The maximum absolute atomic E-state index is 5.60. The van der Waals surface area contributed by atoms with Gasteiger partial charge in [0.2, 0.25) is 0 Å². The lowest BCUT2D eigenvalue weighted by molar-refractivity contribution is -0.0695. The second-order valence-corrected chi connectivity index (χ2v) is 7.34. The molecule has 1 aliphatic carbocycles. The summed E-state index contributed by atoms with van der Waals surface area (Å²) in [5.74, 6) is 0. The number of nitrogens with zero attached hydrogens (tertiary/aromatic N) is 1. The van der Waals surface area contributed by atoms with Crippen LogP contribution in [-0.4, -0.2) is 24.2 Å². The van der Waals surface area contributed by atoms with Crippen molar-refractivity contribution in [1.82, 2.24) is 10.3 Å². The van der Waals surface area contributed by atoms with Crippen molar-refractivity contribution in [3.63, 3.8) is 0 Å². The van der Waals surface area contributed by atoms with Gasteiger partial charge in [0.1, 0.15) is 0 Å². The van der Waals surface area contributed by atoms with Gasteiger partial charge in [0, 0.05) is 36.7 Å². The Hall–Kier alpha value is -0.450. The summed E-state index contributed by atoms with van der Waals surface area (Å²) in [5, 5.41) is 4.72. The molecular formula is C14H24N2OS. The van der Waals surface area contributed by atoms with Crippen LogP contribution in [0.25, 0.3) is 0 Å². The molecule has 0 atom stereocenters. The number of methoxy groups -OCH3 is 1. The largest absolute Gasteiger partial charge is 0.377 e. The molecule has 0 spiro atoms. The van der Waals surface area contributed by atoms with Crippen LogP contribution < -0.4 is 5.32 Å². The molecule has 0 amide bonds. The Morgan fingerprint density at radius 2 is 2.17 bits per heavy atom. The van der Waals surface area contributed by atoms with E-state index in [1.54, 1.807) is 0 Å². The van der Waals surface area contributed by atoms with Crippen LogP contribution in [0.4, 0.5) is 0 Å². The minimum absolute atomic E-state index is 0.109. The lowest BCUT2D eigenvalue weighted by atomic mass is 9.80.